The summed E-state index contributed by atoms with van der Waals surface area (Å²) in [5.74, 6) is -1.36. The SMILES string of the molecule is C=C1/C(=C\C=C2/CCC[C@]3(C)[C@@H]([C@H](C)CC(O)(C(F)(F)F)C(F)(F)F)CC[C@@H]23)C[C@@H](O)C[C@@H]1O. The number of aliphatic hydroxyl groups is 3. The zero-order valence-corrected chi connectivity index (χ0v) is 19.5. The Morgan fingerprint density at radius 3 is 2.29 bits per heavy atom. The third-order valence-corrected chi connectivity index (χ3v) is 8.54. The lowest BCUT2D eigenvalue weighted by molar-refractivity contribution is -0.373. The Labute approximate surface area is 196 Å². The molecule has 3 aliphatic carbocycles. The van der Waals surface area contributed by atoms with Gasteiger partial charge in [0.25, 0.3) is 5.60 Å². The molecule has 3 N–H and O–H groups in total. The Morgan fingerprint density at radius 1 is 1.09 bits per heavy atom. The quantitative estimate of drug-likeness (QED) is 0.418. The summed E-state index contributed by atoms with van der Waals surface area (Å²) >= 11 is 0. The maximum atomic E-state index is 13.3. The van der Waals surface area contributed by atoms with Crippen LogP contribution in [0.2, 0.25) is 0 Å². The first-order valence-corrected chi connectivity index (χ1v) is 11.8. The van der Waals surface area contributed by atoms with Gasteiger partial charge in [0, 0.05) is 6.42 Å². The van der Waals surface area contributed by atoms with Crippen LogP contribution in [-0.4, -0.2) is 45.5 Å². The fourth-order valence-electron chi connectivity index (χ4n) is 6.68. The van der Waals surface area contributed by atoms with E-state index in [4.69, 9.17) is 0 Å². The smallest absolute Gasteiger partial charge is 0.393 e. The van der Waals surface area contributed by atoms with Gasteiger partial charge in [0.1, 0.15) is 0 Å². The van der Waals surface area contributed by atoms with Crippen molar-refractivity contribution < 1.29 is 41.7 Å². The molecule has 0 heterocycles. The van der Waals surface area contributed by atoms with Gasteiger partial charge in [-0.05, 0) is 79.3 Å². The lowest BCUT2D eigenvalue weighted by Crippen LogP contribution is -2.58. The summed E-state index contributed by atoms with van der Waals surface area (Å²) in [7, 11) is 0. The van der Waals surface area contributed by atoms with Crippen LogP contribution in [0.1, 0.15) is 65.2 Å². The molecule has 6 atom stereocenters. The second-order valence-corrected chi connectivity index (χ2v) is 10.7. The molecule has 3 rings (SSSR count). The zero-order valence-electron chi connectivity index (χ0n) is 19.5. The van der Waals surface area contributed by atoms with Gasteiger partial charge in [-0.25, -0.2) is 0 Å². The number of halogens is 6. The molecule has 0 aromatic heterocycles. The summed E-state index contributed by atoms with van der Waals surface area (Å²) in [5, 5.41) is 29.7. The van der Waals surface area contributed by atoms with Crippen LogP contribution in [0.15, 0.2) is 35.5 Å². The largest absolute Gasteiger partial charge is 0.426 e. The topological polar surface area (TPSA) is 60.7 Å². The molecule has 3 saturated carbocycles. The summed E-state index contributed by atoms with van der Waals surface area (Å²) in [6.07, 6.45) is -6.76. The van der Waals surface area contributed by atoms with Gasteiger partial charge < -0.3 is 15.3 Å². The fraction of sp³-hybridized carbons (Fsp3) is 0.760. The third kappa shape index (κ3) is 4.85. The van der Waals surface area contributed by atoms with Gasteiger partial charge in [-0.1, -0.05) is 38.2 Å². The Balaban J connectivity index is 1.83. The molecule has 34 heavy (non-hydrogen) atoms. The molecule has 9 heteroatoms. The number of aliphatic hydroxyl groups excluding tert-OH is 2. The Kier molecular flexibility index (Phi) is 7.44. The van der Waals surface area contributed by atoms with Crippen LogP contribution in [0, 0.1) is 23.2 Å². The molecule has 0 spiro atoms. The first-order valence-electron chi connectivity index (χ1n) is 11.8. The molecule has 0 bridgehead atoms. The molecule has 0 saturated heterocycles. The van der Waals surface area contributed by atoms with Crippen LogP contribution in [-0.2, 0) is 0 Å². The standard InChI is InChI=1S/C25H34F6O3/c1-14(13-23(34,24(26,27)28)25(29,30)31)19-8-9-20-16(5-4-10-22(19,20)3)6-7-17-11-18(32)12-21(33)15(17)2/h6-7,14,18-21,32-34H,2,4-5,8-13H2,1,3H3/b16-6+,17-7-/t14-,18-,19-,20+,21+,22-/m1/s1. The highest BCUT2D eigenvalue weighted by Gasteiger charge is 2.71. The van der Waals surface area contributed by atoms with Gasteiger partial charge in [0.2, 0.25) is 0 Å². The van der Waals surface area contributed by atoms with E-state index in [0.29, 0.717) is 31.3 Å². The number of rotatable bonds is 4. The van der Waals surface area contributed by atoms with Gasteiger partial charge in [0.15, 0.2) is 0 Å². The van der Waals surface area contributed by atoms with Crippen molar-refractivity contribution in [1.29, 1.82) is 0 Å². The minimum absolute atomic E-state index is 0.0159. The van der Waals surface area contributed by atoms with Crippen LogP contribution >= 0.6 is 0 Å². The van der Waals surface area contributed by atoms with E-state index in [1.807, 2.05) is 19.1 Å². The summed E-state index contributed by atoms with van der Waals surface area (Å²) < 4.78 is 79.6. The molecule has 3 nitrogen and oxygen atoms in total. The predicted molar refractivity (Wildman–Crippen MR) is 116 cm³/mol. The second kappa shape index (κ2) is 9.28. The van der Waals surface area contributed by atoms with E-state index in [2.05, 4.69) is 6.58 Å². The molecule has 3 aliphatic rings. The van der Waals surface area contributed by atoms with E-state index < -0.39 is 53.8 Å². The van der Waals surface area contributed by atoms with Gasteiger partial charge in [0.05, 0.1) is 12.2 Å². The average Bonchev–Trinajstić information content (AvgIpc) is 3.05. The van der Waals surface area contributed by atoms with Crippen LogP contribution in [0.5, 0.6) is 0 Å². The van der Waals surface area contributed by atoms with Crippen molar-refractivity contribution in [1.82, 2.24) is 0 Å². The summed E-state index contributed by atoms with van der Waals surface area (Å²) in [4.78, 5) is 0. The average molecular weight is 497 g/mol. The second-order valence-electron chi connectivity index (χ2n) is 10.7. The first-order chi connectivity index (χ1) is 15.5. The first kappa shape index (κ1) is 27.3. The normalized spacial score (nSPS) is 36.7. The molecule has 0 amide bonds. The van der Waals surface area contributed by atoms with Crippen LogP contribution in [0.25, 0.3) is 0 Å². The van der Waals surface area contributed by atoms with Gasteiger partial charge in [-0.15, -0.1) is 0 Å². The van der Waals surface area contributed by atoms with Crippen molar-refractivity contribution in [2.75, 3.05) is 0 Å². The minimum atomic E-state index is -5.81. The van der Waals surface area contributed by atoms with Crippen molar-refractivity contribution in [3.8, 4) is 0 Å². The monoisotopic (exact) mass is 496 g/mol. The van der Waals surface area contributed by atoms with Crippen molar-refractivity contribution >= 4 is 0 Å². The van der Waals surface area contributed by atoms with Crippen molar-refractivity contribution in [2.45, 2.75) is 95.4 Å². The fourth-order valence-corrected chi connectivity index (χ4v) is 6.68. The number of allylic oxidation sites excluding steroid dienone is 3. The Bertz CT molecular complexity index is 829. The zero-order chi connectivity index (χ0) is 25.7. The van der Waals surface area contributed by atoms with Gasteiger partial charge in [-0.3, -0.25) is 0 Å². The number of hydrogen-bond acceptors (Lipinski definition) is 3. The maximum Gasteiger partial charge on any atom is 0.426 e. The lowest BCUT2D eigenvalue weighted by atomic mass is 9.60. The van der Waals surface area contributed by atoms with Gasteiger partial charge >= 0.3 is 12.4 Å². The molecule has 194 valence electrons. The van der Waals surface area contributed by atoms with E-state index in [1.54, 1.807) is 0 Å². The van der Waals surface area contributed by atoms with E-state index >= 15 is 0 Å². The molecule has 0 aromatic carbocycles. The Morgan fingerprint density at radius 2 is 1.71 bits per heavy atom. The summed E-state index contributed by atoms with van der Waals surface area (Å²) in [6, 6.07) is 0. The molecule has 0 aliphatic heterocycles. The molecule has 3 fully saturated rings. The molecular weight excluding hydrogens is 462 g/mol. The number of hydrogen-bond donors (Lipinski definition) is 3. The van der Waals surface area contributed by atoms with Crippen molar-refractivity contribution in [2.24, 2.45) is 23.2 Å². The third-order valence-electron chi connectivity index (χ3n) is 8.54. The van der Waals surface area contributed by atoms with E-state index in [-0.39, 0.29) is 12.3 Å². The predicted octanol–water partition coefficient (Wildman–Crippen LogP) is 6.01. The van der Waals surface area contributed by atoms with Gasteiger partial charge in [-0.2, -0.15) is 26.3 Å². The van der Waals surface area contributed by atoms with Crippen molar-refractivity contribution in [3.63, 3.8) is 0 Å². The molecular formula is C25H34F6O3. The Hall–Kier alpha value is -1.32. The van der Waals surface area contributed by atoms with Crippen molar-refractivity contribution in [3.05, 3.63) is 35.5 Å². The number of fused-ring (bicyclic) bond motifs is 1. The molecule has 0 aromatic rings. The number of alkyl halides is 6. The molecule has 0 radical (unpaired) electrons. The highest BCUT2D eigenvalue weighted by Crippen LogP contribution is 2.61. The molecule has 0 unspecified atom stereocenters. The van der Waals surface area contributed by atoms with Crippen LogP contribution < -0.4 is 0 Å². The van der Waals surface area contributed by atoms with Crippen LogP contribution in [0.4, 0.5) is 26.3 Å². The lowest BCUT2D eigenvalue weighted by Gasteiger charge is -2.45. The minimum Gasteiger partial charge on any atom is -0.393 e. The maximum absolute atomic E-state index is 13.3. The summed E-state index contributed by atoms with van der Waals surface area (Å²) in [5.41, 5.74) is -2.82. The highest BCUT2D eigenvalue weighted by atomic mass is 19.4. The van der Waals surface area contributed by atoms with E-state index in [0.717, 1.165) is 24.0 Å². The summed E-state index contributed by atoms with van der Waals surface area (Å²) in [6.45, 7) is 7.23. The van der Waals surface area contributed by atoms with E-state index in [1.165, 1.54) is 6.92 Å². The van der Waals surface area contributed by atoms with E-state index in [9.17, 15) is 41.7 Å². The highest BCUT2D eigenvalue weighted by molar-refractivity contribution is 5.38. The van der Waals surface area contributed by atoms with Crippen LogP contribution in [0.3, 0.4) is 0 Å².